The molecule has 0 radical (unpaired) electrons. The number of rotatable bonds is 6. The lowest BCUT2D eigenvalue weighted by Crippen LogP contribution is -2.40. The number of hydrogen-bond donors (Lipinski definition) is 2. The van der Waals surface area contributed by atoms with Gasteiger partial charge in [0, 0.05) is 12.0 Å². The highest BCUT2D eigenvalue weighted by Gasteiger charge is 2.35. The van der Waals surface area contributed by atoms with Gasteiger partial charge in [-0.05, 0) is 18.1 Å². The Labute approximate surface area is 128 Å². The minimum atomic E-state index is -0.751. The average molecular weight is 308 g/mol. The number of nitrogens with one attached hydrogen (secondary N) is 2. The van der Waals surface area contributed by atoms with Crippen LogP contribution in [-0.2, 0) is 9.53 Å². The molecule has 0 unspecified atom stereocenters. The maximum Gasteiger partial charge on any atom is 0.344 e. The van der Waals surface area contributed by atoms with E-state index in [1.165, 1.54) is 14.2 Å². The van der Waals surface area contributed by atoms with E-state index in [1.54, 1.807) is 12.1 Å². The van der Waals surface area contributed by atoms with Gasteiger partial charge >= 0.3 is 5.97 Å². The molecular weight excluding hydrogens is 288 g/mol. The van der Waals surface area contributed by atoms with E-state index in [1.807, 2.05) is 13.8 Å². The van der Waals surface area contributed by atoms with E-state index in [9.17, 15) is 9.59 Å². The number of esters is 1. The summed E-state index contributed by atoms with van der Waals surface area (Å²) in [5, 5.41) is 0. The van der Waals surface area contributed by atoms with Gasteiger partial charge in [-0.1, -0.05) is 13.8 Å². The molecule has 1 heterocycles. The average Bonchev–Trinajstić information content (AvgIpc) is 2.80. The zero-order valence-corrected chi connectivity index (χ0v) is 13.1. The molecule has 2 N–H and O–H groups in total. The summed E-state index contributed by atoms with van der Waals surface area (Å²) in [6.45, 7) is 3.89. The van der Waals surface area contributed by atoms with Crippen molar-refractivity contribution in [1.82, 2.24) is 10.9 Å². The van der Waals surface area contributed by atoms with Gasteiger partial charge in [-0.25, -0.2) is 4.79 Å². The SMILES string of the molecule is COc1ccc2c(c1OC)C(=O)O[C@H]2NNC(=O)CC(C)C. The first-order chi connectivity index (χ1) is 10.5. The van der Waals surface area contributed by atoms with Crippen molar-refractivity contribution in [3.8, 4) is 11.5 Å². The molecule has 22 heavy (non-hydrogen) atoms. The van der Waals surface area contributed by atoms with Crippen molar-refractivity contribution in [2.24, 2.45) is 5.92 Å². The maximum absolute atomic E-state index is 12.0. The summed E-state index contributed by atoms with van der Waals surface area (Å²) in [6, 6.07) is 3.39. The number of benzene rings is 1. The Morgan fingerprint density at radius 3 is 2.64 bits per heavy atom. The molecule has 7 nitrogen and oxygen atoms in total. The summed E-state index contributed by atoms with van der Waals surface area (Å²) in [6.07, 6.45) is -0.370. The van der Waals surface area contributed by atoms with Gasteiger partial charge in [0.1, 0.15) is 5.56 Å². The molecule has 0 fully saturated rings. The standard InChI is InChI=1S/C15H20N2O5/c1-8(2)7-11(18)16-17-14-9-5-6-10(20-3)13(21-4)12(9)15(19)22-14/h5-6,8,14,17H,7H2,1-4H3,(H,16,18)/t14-/m1/s1. The molecule has 1 atom stereocenters. The Morgan fingerprint density at radius 2 is 2.05 bits per heavy atom. The summed E-state index contributed by atoms with van der Waals surface area (Å²) in [5.41, 5.74) is 6.16. The van der Waals surface area contributed by atoms with E-state index in [0.717, 1.165) is 0 Å². The number of carbonyl (C=O) groups excluding carboxylic acids is 2. The lowest BCUT2D eigenvalue weighted by atomic mass is 10.1. The fourth-order valence-corrected chi connectivity index (χ4v) is 2.28. The second kappa shape index (κ2) is 6.65. The quantitative estimate of drug-likeness (QED) is 0.612. The number of methoxy groups -OCH3 is 2. The Kier molecular flexibility index (Phi) is 4.87. The molecular formula is C15H20N2O5. The van der Waals surface area contributed by atoms with Crippen molar-refractivity contribution in [3.05, 3.63) is 23.3 Å². The predicted molar refractivity (Wildman–Crippen MR) is 78.4 cm³/mol. The summed E-state index contributed by atoms with van der Waals surface area (Å²) in [5.74, 6) is 0.316. The van der Waals surface area contributed by atoms with Crippen molar-refractivity contribution >= 4 is 11.9 Å². The third-order valence-corrected chi connectivity index (χ3v) is 3.23. The van der Waals surface area contributed by atoms with E-state index in [-0.39, 0.29) is 11.8 Å². The van der Waals surface area contributed by atoms with Crippen LogP contribution in [0.15, 0.2) is 12.1 Å². The summed E-state index contributed by atoms with van der Waals surface area (Å²) < 4.78 is 15.6. The molecule has 120 valence electrons. The van der Waals surface area contributed by atoms with Crippen LogP contribution in [0.1, 0.15) is 42.4 Å². The zero-order chi connectivity index (χ0) is 16.3. The molecule has 1 aromatic carbocycles. The smallest absolute Gasteiger partial charge is 0.344 e. The molecule has 0 aliphatic carbocycles. The highest BCUT2D eigenvalue weighted by Crippen LogP contribution is 2.40. The number of carbonyl (C=O) groups is 2. The topological polar surface area (TPSA) is 85.9 Å². The molecule has 7 heteroatoms. The largest absolute Gasteiger partial charge is 0.493 e. The van der Waals surface area contributed by atoms with Crippen LogP contribution in [0.3, 0.4) is 0 Å². The highest BCUT2D eigenvalue weighted by molar-refractivity contribution is 5.98. The van der Waals surface area contributed by atoms with Crippen LogP contribution < -0.4 is 20.3 Å². The fraction of sp³-hybridized carbons (Fsp3) is 0.467. The van der Waals surface area contributed by atoms with E-state index >= 15 is 0 Å². The van der Waals surface area contributed by atoms with Gasteiger partial charge in [0.05, 0.1) is 14.2 Å². The van der Waals surface area contributed by atoms with Gasteiger partial charge in [-0.3, -0.25) is 10.2 Å². The number of fused-ring (bicyclic) bond motifs is 1. The number of hydrazine groups is 1. The molecule has 1 amide bonds. The summed E-state index contributed by atoms with van der Waals surface area (Å²) in [4.78, 5) is 23.7. The monoisotopic (exact) mass is 308 g/mol. The lowest BCUT2D eigenvalue weighted by molar-refractivity contribution is -0.123. The lowest BCUT2D eigenvalue weighted by Gasteiger charge is -2.15. The van der Waals surface area contributed by atoms with E-state index in [0.29, 0.717) is 29.0 Å². The fourth-order valence-electron chi connectivity index (χ4n) is 2.28. The van der Waals surface area contributed by atoms with Crippen LogP contribution in [0.25, 0.3) is 0 Å². The second-order valence-corrected chi connectivity index (χ2v) is 5.34. The third-order valence-electron chi connectivity index (χ3n) is 3.23. The number of cyclic esters (lactones) is 1. The zero-order valence-electron chi connectivity index (χ0n) is 13.1. The van der Waals surface area contributed by atoms with Crippen molar-refractivity contribution in [2.75, 3.05) is 14.2 Å². The molecule has 2 rings (SSSR count). The first kappa shape index (κ1) is 16.1. The first-order valence-corrected chi connectivity index (χ1v) is 6.98. The summed E-state index contributed by atoms with van der Waals surface area (Å²) in [7, 11) is 2.95. The highest BCUT2D eigenvalue weighted by atomic mass is 16.6. The molecule has 0 saturated carbocycles. The van der Waals surface area contributed by atoms with Crippen LogP contribution in [0.4, 0.5) is 0 Å². The van der Waals surface area contributed by atoms with Crippen molar-refractivity contribution in [2.45, 2.75) is 26.5 Å². The van der Waals surface area contributed by atoms with Crippen molar-refractivity contribution in [3.63, 3.8) is 0 Å². The molecule has 0 saturated heterocycles. The Balaban J connectivity index is 2.17. The summed E-state index contributed by atoms with van der Waals surface area (Å²) >= 11 is 0. The molecule has 1 aromatic rings. The number of amides is 1. The molecule has 1 aliphatic heterocycles. The number of hydrogen-bond acceptors (Lipinski definition) is 6. The number of ether oxygens (including phenoxy) is 3. The Hall–Kier alpha value is -2.28. The molecule has 0 bridgehead atoms. The van der Waals surface area contributed by atoms with Gasteiger partial charge < -0.3 is 14.2 Å². The molecule has 0 aromatic heterocycles. The van der Waals surface area contributed by atoms with Gasteiger partial charge in [0.15, 0.2) is 17.7 Å². The van der Waals surface area contributed by atoms with Crippen LogP contribution in [-0.4, -0.2) is 26.1 Å². The maximum atomic E-state index is 12.0. The first-order valence-electron chi connectivity index (χ1n) is 6.98. The van der Waals surface area contributed by atoms with Crippen LogP contribution in [0, 0.1) is 5.92 Å². The van der Waals surface area contributed by atoms with Gasteiger partial charge in [0.25, 0.3) is 0 Å². The minimum Gasteiger partial charge on any atom is -0.493 e. The van der Waals surface area contributed by atoms with E-state index < -0.39 is 12.2 Å². The van der Waals surface area contributed by atoms with E-state index in [4.69, 9.17) is 14.2 Å². The second-order valence-electron chi connectivity index (χ2n) is 5.34. The molecule has 1 aliphatic rings. The van der Waals surface area contributed by atoms with Crippen molar-refractivity contribution < 1.29 is 23.8 Å². The predicted octanol–water partition coefficient (Wildman–Crippen LogP) is 1.54. The van der Waals surface area contributed by atoms with Gasteiger partial charge in [0.2, 0.25) is 5.91 Å². The van der Waals surface area contributed by atoms with Gasteiger partial charge in [-0.2, -0.15) is 5.43 Å². The Bertz CT molecular complexity index is 586. The third kappa shape index (κ3) is 3.14. The van der Waals surface area contributed by atoms with Crippen LogP contribution >= 0.6 is 0 Å². The van der Waals surface area contributed by atoms with Crippen LogP contribution in [0.5, 0.6) is 11.5 Å². The van der Waals surface area contributed by atoms with Crippen LogP contribution in [0.2, 0.25) is 0 Å². The van der Waals surface area contributed by atoms with E-state index in [2.05, 4.69) is 10.9 Å². The minimum absolute atomic E-state index is 0.167. The molecule has 0 spiro atoms. The van der Waals surface area contributed by atoms with Gasteiger partial charge in [-0.15, -0.1) is 0 Å². The normalized spacial score (nSPS) is 16.2. The van der Waals surface area contributed by atoms with Crippen molar-refractivity contribution in [1.29, 1.82) is 0 Å². The Morgan fingerprint density at radius 1 is 1.32 bits per heavy atom.